The molecule has 0 aliphatic carbocycles. The maximum absolute atomic E-state index is 5.47. The molecular weight excluding hydrogens is 326 g/mol. The molecule has 1 N–H and O–H groups in total. The lowest BCUT2D eigenvalue weighted by molar-refractivity contribution is 0.379. The van der Waals surface area contributed by atoms with Gasteiger partial charge in [0, 0.05) is 4.88 Å². The molecule has 0 aliphatic heterocycles. The Morgan fingerprint density at radius 2 is 1.74 bits per heavy atom. The average molecular weight is 342 g/mol. The van der Waals surface area contributed by atoms with Crippen LogP contribution in [0.25, 0.3) is 0 Å². The van der Waals surface area contributed by atoms with Gasteiger partial charge in [-0.25, -0.2) is 0 Å². The fourth-order valence-electron chi connectivity index (χ4n) is 2.08. The highest BCUT2D eigenvalue weighted by atomic mass is 79.9. The van der Waals surface area contributed by atoms with Gasteiger partial charge >= 0.3 is 0 Å². The highest BCUT2D eigenvalue weighted by Crippen LogP contribution is 2.40. The summed E-state index contributed by atoms with van der Waals surface area (Å²) in [6, 6.07) is 10.0. The van der Waals surface area contributed by atoms with E-state index in [1.165, 1.54) is 4.88 Å². The molecule has 2 aromatic rings. The van der Waals surface area contributed by atoms with Crippen molar-refractivity contribution in [3.63, 3.8) is 0 Å². The van der Waals surface area contributed by atoms with Gasteiger partial charge in [-0.15, -0.1) is 11.3 Å². The zero-order valence-electron chi connectivity index (χ0n) is 11.1. The van der Waals surface area contributed by atoms with Gasteiger partial charge < -0.3 is 14.8 Å². The summed E-state index contributed by atoms with van der Waals surface area (Å²) < 4.78 is 12.1. The quantitative estimate of drug-likeness (QED) is 0.896. The molecule has 0 bridgehead atoms. The molecule has 19 heavy (non-hydrogen) atoms. The highest BCUT2D eigenvalue weighted by Gasteiger charge is 2.22. The molecule has 1 aromatic heterocycles. The lowest BCUT2D eigenvalue weighted by Crippen LogP contribution is -2.18. The van der Waals surface area contributed by atoms with Crippen LogP contribution in [0, 0.1) is 0 Å². The fraction of sp³-hybridized carbons (Fsp3) is 0.286. The first kappa shape index (κ1) is 14.4. The first-order valence-electron chi connectivity index (χ1n) is 5.84. The minimum atomic E-state index is 0.0439. The Labute approximate surface area is 125 Å². The molecule has 102 valence electrons. The van der Waals surface area contributed by atoms with Crippen molar-refractivity contribution in [2.24, 2.45) is 0 Å². The molecule has 0 fully saturated rings. The Bertz CT molecular complexity index is 534. The largest absolute Gasteiger partial charge is 0.496 e. The van der Waals surface area contributed by atoms with Crippen molar-refractivity contribution in [3.8, 4) is 11.5 Å². The molecule has 1 heterocycles. The van der Waals surface area contributed by atoms with E-state index in [0.29, 0.717) is 0 Å². The zero-order valence-corrected chi connectivity index (χ0v) is 13.5. The Morgan fingerprint density at radius 3 is 2.16 bits per heavy atom. The number of benzene rings is 1. The molecule has 1 unspecified atom stereocenters. The van der Waals surface area contributed by atoms with Crippen molar-refractivity contribution in [2.75, 3.05) is 21.3 Å². The topological polar surface area (TPSA) is 30.5 Å². The summed E-state index contributed by atoms with van der Waals surface area (Å²) in [4.78, 5) is 1.21. The SMILES string of the molecule is CNC(c1ccc(Br)s1)c1c(OC)cccc1OC. The second kappa shape index (κ2) is 6.41. The number of ether oxygens (including phenoxy) is 2. The van der Waals surface area contributed by atoms with Gasteiger partial charge in [-0.05, 0) is 47.2 Å². The van der Waals surface area contributed by atoms with Gasteiger partial charge in [0.1, 0.15) is 11.5 Å². The molecule has 0 saturated carbocycles. The highest BCUT2D eigenvalue weighted by molar-refractivity contribution is 9.11. The van der Waals surface area contributed by atoms with E-state index in [1.807, 2.05) is 31.3 Å². The molecule has 0 radical (unpaired) electrons. The van der Waals surface area contributed by atoms with Gasteiger partial charge in [-0.2, -0.15) is 0 Å². The van der Waals surface area contributed by atoms with Crippen LogP contribution in [-0.4, -0.2) is 21.3 Å². The van der Waals surface area contributed by atoms with Crippen molar-refractivity contribution in [2.45, 2.75) is 6.04 Å². The number of thiophene rings is 1. The summed E-state index contributed by atoms with van der Waals surface area (Å²) in [5, 5.41) is 3.33. The van der Waals surface area contributed by atoms with Gasteiger partial charge in [0.15, 0.2) is 0 Å². The van der Waals surface area contributed by atoms with Gasteiger partial charge in [-0.3, -0.25) is 0 Å². The number of hydrogen-bond donors (Lipinski definition) is 1. The van der Waals surface area contributed by atoms with Crippen LogP contribution < -0.4 is 14.8 Å². The molecule has 3 nitrogen and oxygen atoms in total. The Balaban J connectivity index is 2.53. The lowest BCUT2D eigenvalue weighted by atomic mass is 10.0. The summed E-state index contributed by atoms with van der Waals surface area (Å²) in [5.41, 5.74) is 1.02. The van der Waals surface area contributed by atoms with Crippen LogP contribution in [0.15, 0.2) is 34.1 Å². The molecule has 0 amide bonds. The van der Waals surface area contributed by atoms with Gasteiger partial charge in [0.05, 0.1) is 29.6 Å². The second-order valence-electron chi connectivity index (χ2n) is 3.94. The third kappa shape index (κ3) is 2.94. The molecule has 5 heteroatoms. The predicted octanol–water partition coefficient (Wildman–Crippen LogP) is 3.84. The molecule has 0 aliphatic rings. The maximum Gasteiger partial charge on any atom is 0.127 e. The van der Waals surface area contributed by atoms with Gasteiger partial charge in [0.25, 0.3) is 0 Å². The number of rotatable bonds is 5. The van der Waals surface area contributed by atoms with Crippen molar-refractivity contribution in [3.05, 3.63) is 44.6 Å². The fourth-order valence-corrected chi connectivity index (χ4v) is 3.62. The summed E-state index contributed by atoms with van der Waals surface area (Å²) in [7, 11) is 5.29. The van der Waals surface area contributed by atoms with Gasteiger partial charge in [0.2, 0.25) is 0 Å². The minimum absolute atomic E-state index is 0.0439. The van der Waals surface area contributed by atoms with Crippen LogP contribution >= 0.6 is 27.3 Å². The third-order valence-corrected chi connectivity index (χ3v) is 4.61. The summed E-state index contributed by atoms with van der Waals surface area (Å²) in [5.74, 6) is 1.64. The van der Waals surface area contributed by atoms with E-state index in [1.54, 1.807) is 25.6 Å². The Hall–Kier alpha value is -1.04. The number of methoxy groups -OCH3 is 2. The predicted molar refractivity (Wildman–Crippen MR) is 82.5 cm³/mol. The first-order valence-corrected chi connectivity index (χ1v) is 7.45. The molecule has 0 saturated heterocycles. The molecule has 2 rings (SSSR count). The standard InChI is InChI=1S/C14H16BrNO2S/c1-16-14(11-7-8-12(15)19-11)13-9(17-2)5-4-6-10(13)18-3/h4-8,14,16H,1-3H3. The van der Waals surface area contributed by atoms with E-state index in [-0.39, 0.29) is 6.04 Å². The van der Waals surface area contributed by atoms with Crippen LogP contribution in [0.4, 0.5) is 0 Å². The van der Waals surface area contributed by atoms with E-state index in [9.17, 15) is 0 Å². The van der Waals surface area contributed by atoms with Crippen molar-refractivity contribution in [1.29, 1.82) is 0 Å². The van der Waals surface area contributed by atoms with Crippen LogP contribution in [-0.2, 0) is 0 Å². The minimum Gasteiger partial charge on any atom is -0.496 e. The zero-order chi connectivity index (χ0) is 13.8. The Kier molecular flexibility index (Phi) is 4.85. The van der Waals surface area contributed by atoms with E-state index < -0.39 is 0 Å². The van der Waals surface area contributed by atoms with E-state index >= 15 is 0 Å². The molecule has 1 atom stereocenters. The van der Waals surface area contributed by atoms with E-state index in [0.717, 1.165) is 20.8 Å². The number of hydrogen-bond acceptors (Lipinski definition) is 4. The first-order chi connectivity index (χ1) is 9.21. The third-order valence-electron chi connectivity index (χ3n) is 2.92. The Morgan fingerprint density at radius 1 is 1.11 bits per heavy atom. The van der Waals surface area contributed by atoms with Crippen LogP contribution in [0.5, 0.6) is 11.5 Å². The van der Waals surface area contributed by atoms with Crippen molar-refractivity contribution >= 4 is 27.3 Å². The normalized spacial score (nSPS) is 12.2. The van der Waals surface area contributed by atoms with E-state index in [4.69, 9.17) is 9.47 Å². The molecule has 0 spiro atoms. The average Bonchev–Trinajstić information content (AvgIpc) is 2.86. The number of halogens is 1. The van der Waals surface area contributed by atoms with Crippen LogP contribution in [0.3, 0.4) is 0 Å². The van der Waals surface area contributed by atoms with Crippen LogP contribution in [0.2, 0.25) is 0 Å². The lowest BCUT2D eigenvalue weighted by Gasteiger charge is -2.20. The summed E-state index contributed by atoms with van der Waals surface area (Å²) in [6.07, 6.45) is 0. The molecular formula is C14H16BrNO2S. The summed E-state index contributed by atoms with van der Waals surface area (Å²) in [6.45, 7) is 0. The van der Waals surface area contributed by atoms with Crippen molar-refractivity contribution < 1.29 is 9.47 Å². The van der Waals surface area contributed by atoms with Crippen molar-refractivity contribution in [1.82, 2.24) is 5.32 Å². The van der Waals surface area contributed by atoms with Gasteiger partial charge in [-0.1, -0.05) is 6.07 Å². The molecule has 1 aromatic carbocycles. The monoisotopic (exact) mass is 341 g/mol. The second-order valence-corrected chi connectivity index (χ2v) is 6.43. The maximum atomic E-state index is 5.47. The summed E-state index contributed by atoms with van der Waals surface area (Å²) >= 11 is 5.20. The number of nitrogens with one attached hydrogen (secondary N) is 1. The van der Waals surface area contributed by atoms with Crippen LogP contribution in [0.1, 0.15) is 16.5 Å². The smallest absolute Gasteiger partial charge is 0.127 e. The van der Waals surface area contributed by atoms with E-state index in [2.05, 4.69) is 27.3 Å².